The van der Waals surface area contributed by atoms with E-state index in [0.717, 1.165) is 67.2 Å². The minimum Gasteiger partial charge on any atom is -0.456 e. The fourth-order valence-corrected chi connectivity index (χ4v) is 19.7. The van der Waals surface area contributed by atoms with Crippen LogP contribution in [0.4, 0.5) is 34.1 Å². The summed E-state index contributed by atoms with van der Waals surface area (Å²) in [7, 11) is 0. The highest BCUT2D eigenvalue weighted by atomic mass is 32.1. The molecule has 2 aromatic heterocycles. The van der Waals surface area contributed by atoms with Crippen LogP contribution in [0.3, 0.4) is 0 Å². The van der Waals surface area contributed by atoms with Crippen LogP contribution in [0.1, 0.15) is 44.5 Å². The van der Waals surface area contributed by atoms with E-state index in [-0.39, 0.29) is 0 Å². The Labute approximate surface area is 668 Å². The van der Waals surface area contributed by atoms with Crippen molar-refractivity contribution in [1.29, 1.82) is 0 Å². The quantitative estimate of drug-likeness (QED) is 0.108. The van der Waals surface area contributed by atoms with Gasteiger partial charge in [-0.05, 0) is 220 Å². The van der Waals surface area contributed by atoms with Crippen molar-refractivity contribution in [3.05, 3.63) is 493 Å². The number of fused-ring (bicyclic) bond motifs is 12. The average molecular weight is 1470 g/mol. The molecule has 114 heavy (non-hydrogen) atoms. The summed E-state index contributed by atoms with van der Waals surface area (Å²) < 4.78 is 9.25. The molecule has 0 unspecified atom stereocenters. The largest absolute Gasteiger partial charge is 0.456 e. The molecule has 2 aliphatic rings. The minimum absolute atomic E-state index is 0.446. The average Bonchev–Trinajstić information content (AvgIpc) is 1.54. The molecule has 3 nitrogen and oxygen atoms in total. The molecule has 0 saturated carbocycles. The van der Waals surface area contributed by atoms with Crippen LogP contribution < -0.4 is 9.80 Å². The van der Waals surface area contributed by atoms with Crippen molar-refractivity contribution < 1.29 is 4.42 Å². The number of benzene rings is 18. The van der Waals surface area contributed by atoms with Crippen LogP contribution in [0.5, 0.6) is 0 Å². The summed E-state index contributed by atoms with van der Waals surface area (Å²) in [6.45, 7) is 0. The maximum absolute atomic E-state index is 6.66. The molecule has 0 bridgehead atoms. The van der Waals surface area contributed by atoms with E-state index < -0.39 is 10.8 Å². The van der Waals surface area contributed by atoms with Crippen LogP contribution in [-0.4, -0.2) is 0 Å². The standard InChI is InChI=1S/C55H37NO.C55H37NS/c2*1-4-16-38(17-5-1)39-30-33-44(34-31-39)56(43-21-8-3-9-22-43)45-23-14-18-40(36-45)46-26-15-29-53-54(46)49-37-42(32-35-52(49)57-53)55(41-19-6-2-7-20-41)50-27-12-10-24-47(50)48-25-11-13-28-51(48)55/h2*1-37H. The lowest BCUT2D eigenvalue weighted by atomic mass is 9.67. The van der Waals surface area contributed by atoms with E-state index in [1.165, 1.54) is 120 Å². The van der Waals surface area contributed by atoms with E-state index in [9.17, 15) is 0 Å². The molecule has 2 heterocycles. The smallest absolute Gasteiger partial charge is 0.136 e. The molecule has 18 aromatic carbocycles. The Bertz CT molecular complexity index is 6440. The van der Waals surface area contributed by atoms with E-state index in [4.69, 9.17) is 4.42 Å². The van der Waals surface area contributed by atoms with Crippen LogP contribution >= 0.6 is 11.3 Å². The number of thiophene rings is 1. The van der Waals surface area contributed by atoms with Gasteiger partial charge in [-0.15, -0.1) is 11.3 Å². The van der Waals surface area contributed by atoms with E-state index in [0.29, 0.717) is 0 Å². The molecule has 0 spiro atoms. The topological polar surface area (TPSA) is 19.6 Å². The Morgan fingerprint density at radius 1 is 0.193 bits per heavy atom. The number of hydrogen-bond acceptors (Lipinski definition) is 4. The van der Waals surface area contributed by atoms with E-state index in [1.807, 2.05) is 11.3 Å². The van der Waals surface area contributed by atoms with Crippen molar-refractivity contribution in [1.82, 2.24) is 0 Å². The van der Waals surface area contributed by atoms with Crippen molar-refractivity contribution in [3.63, 3.8) is 0 Å². The van der Waals surface area contributed by atoms with Crippen molar-refractivity contribution >= 4 is 87.6 Å². The molecule has 0 fully saturated rings. The predicted octanol–water partition coefficient (Wildman–Crippen LogP) is 30.0. The summed E-state index contributed by atoms with van der Waals surface area (Å²) in [6, 6.07) is 163. The van der Waals surface area contributed by atoms with Gasteiger partial charge in [-0.1, -0.05) is 340 Å². The summed E-state index contributed by atoms with van der Waals surface area (Å²) in [4.78, 5) is 4.70. The second kappa shape index (κ2) is 28.5. The van der Waals surface area contributed by atoms with Crippen molar-refractivity contribution in [2.75, 3.05) is 9.80 Å². The highest BCUT2D eigenvalue weighted by molar-refractivity contribution is 7.26. The first kappa shape index (κ1) is 67.7. The highest BCUT2D eigenvalue weighted by Crippen LogP contribution is 2.59. The summed E-state index contributed by atoms with van der Waals surface area (Å²) in [5, 5.41) is 4.82. The molecule has 0 amide bonds. The molecule has 0 saturated heterocycles. The number of para-hydroxylation sites is 2. The number of anilines is 6. The normalized spacial score (nSPS) is 12.7. The van der Waals surface area contributed by atoms with E-state index >= 15 is 0 Å². The maximum Gasteiger partial charge on any atom is 0.136 e. The maximum atomic E-state index is 6.66. The molecule has 536 valence electrons. The Balaban J connectivity index is 0.000000143. The molecular formula is C110H74N2OS. The molecule has 0 aliphatic heterocycles. The lowest BCUT2D eigenvalue weighted by molar-refractivity contribution is 0.668. The first-order chi connectivity index (χ1) is 56.5. The van der Waals surface area contributed by atoms with Gasteiger partial charge < -0.3 is 14.2 Å². The summed E-state index contributed by atoms with van der Waals surface area (Å²) in [5.74, 6) is 0. The molecule has 0 atom stereocenters. The second-order valence-electron chi connectivity index (χ2n) is 29.7. The number of rotatable bonds is 14. The fraction of sp³-hybridized carbons (Fsp3) is 0.0182. The molecular weight excluding hydrogens is 1400 g/mol. The molecule has 20 aromatic rings. The lowest BCUT2D eigenvalue weighted by Gasteiger charge is -2.34. The number of hydrogen-bond donors (Lipinski definition) is 0. The summed E-state index contributed by atoms with van der Waals surface area (Å²) in [5.41, 5.74) is 32.5. The Hall–Kier alpha value is -14.4. The van der Waals surface area contributed by atoms with Gasteiger partial charge in [0.25, 0.3) is 0 Å². The zero-order valence-corrected chi connectivity index (χ0v) is 63.3. The van der Waals surface area contributed by atoms with Crippen molar-refractivity contribution in [2.45, 2.75) is 10.8 Å². The third kappa shape index (κ3) is 11.3. The van der Waals surface area contributed by atoms with Crippen molar-refractivity contribution in [3.8, 4) is 66.8 Å². The van der Waals surface area contributed by atoms with Crippen LogP contribution in [0, 0.1) is 0 Å². The predicted molar refractivity (Wildman–Crippen MR) is 479 cm³/mol. The van der Waals surface area contributed by atoms with Crippen LogP contribution in [0.2, 0.25) is 0 Å². The Morgan fingerprint density at radius 2 is 0.526 bits per heavy atom. The van der Waals surface area contributed by atoms with Gasteiger partial charge in [0.1, 0.15) is 11.2 Å². The van der Waals surface area contributed by atoms with Gasteiger partial charge in [0.05, 0.1) is 10.8 Å². The Kier molecular flexibility index (Phi) is 16.9. The van der Waals surface area contributed by atoms with Crippen LogP contribution in [-0.2, 0) is 10.8 Å². The van der Waals surface area contributed by atoms with Gasteiger partial charge in [-0.2, -0.15) is 0 Å². The van der Waals surface area contributed by atoms with E-state index in [1.54, 1.807) is 0 Å². The summed E-state index contributed by atoms with van der Waals surface area (Å²) in [6.07, 6.45) is 0. The van der Waals surface area contributed by atoms with Gasteiger partial charge in [-0.3, -0.25) is 0 Å². The van der Waals surface area contributed by atoms with E-state index in [2.05, 4.69) is 459 Å². The minimum atomic E-state index is -0.493. The van der Waals surface area contributed by atoms with Crippen LogP contribution in [0.15, 0.2) is 453 Å². The summed E-state index contributed by atoms with van der Waals surface area (Å²) >= 11 is 1.88. The first-order valence-electron chi connectivity index (χ1n) is 39.2. The first-order valence-corrected chi connectivity index (χ1v) is 40.0. The van der Waals surface area contributed by atoms with Crippen LogP contribution in [0.25, 0.3) is 109 Å². The lowest BCUT2D eigenvalue weighted by Crippen LogP contribution is -2.28. The Morgan fingerprint density at radius 3 is 0.982 bits per heavy atom. The zero-order valence-electron chi connectivity index (χ0n) is 62.4. The SMILES string of the molecule is c1ccc(-c2ccc(N(c3ccccc3)c3cccc(-c4cccc5oc6ccc(C7(c8ccccc8)c8ccccc8-c8ccccc87)cc6c45)c3)cc2)cc1.c1ccc(-c2ccc(N(c3ccccc3)c3cccc(-c4cccc5sc6ccc(C7(c8ccccc8)c8ccccc8-c8ccccc87)cc6c45)c3)cc2)cc1. The highest BCUT2D eigenvalue weighted by Gasteiger charge is 2.48. The molecule has 0 N–H and O–H groups in total. The van der Waals surface area contributed by atoms with Crippen molar-refractivity contribution in [2.24, 2.45) is 0 Å². The third-order valence-electron chi connectivity index (χ3n) is 23.5. The van der Waals surface area contributed by atoms with Gasteiger partial charge in [-0.25, -0.2) is 0 Å². The number of nitrogens with zero attached hydrogens (tertiary/aromatic N) is 2. The molecule has 2 aliphatic carbocycles. The molecule has 4 heteroatoms. The van der Waals surface area contributed by atoms with Gasteiger partial charge in [0.15, 0.2) is 0 Å². The van der Waals surface area contributed by atoms with Gasteiger partial charge in [0, 0.05) is 65.1 Å². The molecule has 0 radical (unpaired) electrons. The third-order valence-corrected chi connectivity index (χ3v) is 24.6. The molecule has 22 rings (SSSR count). The monoisotopic (exact) mass is 1470 g/mol. The fourth-order valence-electron chi connectivity index (χ4n) is 18.6. The zero-order chi connectivity index (χ0) is 75.5. The van der Waals surface area contributed by atoms with Gasteiger partial charge in [0.2, 0.25) is 0 Å². The number of furan rings is 1. The van der Waals surface area contributed by atoms with Gasteiger partial charge >= 0.3 is 0 Å². The second-order valence-corrected chi connectivity index (χ2v) is 30.7.